The molecule has 0 aromatic heterocycles. The fraction of sp³-hybridized carbons (Fsp3) is 0.300. The molecule has 1 aromatic rings. The van der Waals surface area contributed by atoms with Gasteiger partial charge in [0.25, 0.3) is 0 Å². The molecular formula is C10H9BrO3. The fourth-order valence-electron chi connectivity index (χ4n) is 1.38. The summed E-state index contributed by atoms with van der Waals surface area (Å²) in [6, 6.07) is 5.44. The van der Waals surface area contributed by atoms with Gasteiger partial charge in [-0.3, -0.25) is 4.79 Å². The van der Waals surface area contributed by atoms with E-state index < -0.39 is 0 Å². The summed E-state index contributed by atoms with van der Waals surface area (Å²) in [6.07, 6.45) is 0.465. The van der Waals surface area contributed by atoms with Crippen molar-refractivity contribution in [2.24, 2.45) is 0 Å². The van der Waals surface area contributed by atoms with Gasteiger partial charge in [0.15, 0.2) is 12.6 Å². The van der Waals surface area contributed by atoms with E-state index in [1.54, 1.807) is 6.07 Å². The first-order chi connectivity index (χ1) is 6.83. The summed E-state index contributed by atoms with van der Waals surface area (Å²) in [7, 11) is 0. The highest BCUT2D eigenvalue weighted by molar-refractivity contribution is 9.10. The highest BCUT2D eigenvalue weighted by Gasteiger charge is 2.21. The maximum absolute atomic E-state index is 10.7. The fourth-order valence-corrected chi connectivity index (χ4v) is 1.92. The molecule has 1 aliphatic rings. The molecule has 0 saturated carbocycles. The lowest BCUT2D eigenvalue weighted by Gasteiger charge is -2.11. The topological polar surface area (TPSA) is 35.5 Å². The summed E-state index contributed by atoms with van der Waals surface area (Å²) in [5.74, 6) is 0. The van der Waals surface area contributed by atoms with Crippen LogP contribution in [0, 0.1) is 0 Å². The number of carbonyl (C=O) groups excluding carboxylic acids is 1. The van der Waals surface area contributed by atoms with Crippen LogP contribution in [0.1, 0.15) is 22.2 Å². The van der Waals surface area contributed by atoms with Gasteiger partial charge in [-0.25, -0.2) is 0 Å². The third-order valence-electron chi connectivity index (χ3n) is 2.06. The van der Waals surface area contributed by atoms with Crippen molar-refractivity contribution in [1.82, 2.24) is 0 Å². The molecule has 4 heteroatoms. The average Bonchev–Trinajstić information content (AvgIpc) is 2.71. The Morgan fingerprint density at radius 1 is 1.36 bits per heavy atom. The predicted octanol–water partition coefficient (Wildman–Crippen LogP) is 2.31. The molecule has 0 amide bonds. The van der Waals surface area contributed by atoms with Crippen molar-refractivity contribution in [3.05, 3.63) is 33.8 Å². The van der Waals surface area contributed by atoms with Crippen LogP contribution < -0.4 is 0 Å². The van der Waals surface area contributed by atoms with Crippen LogP contribution in [-0.4, -0.2) is 19.5 Å². The molecule has 1 saturated heterocycles. The molecule has 1 aromatic carbocycles. The number of aldehydes is 1. The SMILES string of the molecule is O=Cc1cccc(C2OCCO2)c1Br. The van der Waals surface area contributed by atoms with E-state index in [-0.39, 0.29) is 6.29 Å². The highest BCUT2D eigenvalue weighted by atomic mass is 79.9. The summed E-state index contributed by atoms with van der Waals surface area (Å²) in [5.41, 5.74) is 1.48. The summed E-state index contributed by atoms with van der Waals surface area (Å²) in [4.78, 5) is 10.7. The van der Waals surface area contributed by atoms with Gasteiger partial charge < -0.3 is 9.47 Å². The van der Waals surface area contributed by atoms with E-state index in [4.69, 9.17) is 9.47 Å². The average molecular weight is 257 g/mol. The van der Waals surface area contributed by atoms with E-state index in [9.17, 15) is 4.79 Å². The quantitative estimate of drug-likeness (QED) is 0.762. The van der Waals surface area contributed by atoms with Crippen LogP contribution in [-0.2, 0) is 9.47 Å². The van der Waals surface area contributed by atoms with Crippen LogP contribution in [0.3, 0.4) is 0 Å². The second kappa shape index (κ2) is 4.21. The van der Waals surface area contributed by atoms with Gasteiger partial charge in [0, 0.05) is 15.6 Å². The Morgan fingerprint density at radius 3 is 2.71 bits per heavy atom. The van der Waals surface area contributed by atoms with E-state index >= 15 is 0 Å². The third kappa shape index (κ3) is 1.73. The summed E-state index contributed by atoms with van der Waals surface area (Å²) in [5, 5.41) is 0. The van der Waals surface area contributed by atoms with E-state index in [1.807, 2.05) is 12.1 Å². The predicted molar refractivity (Wildman–Crippen MR) is 54.2 cm³/mol. The van der Waals surface area contributed by atoms with Gasteiger partial charge >= 0.3 is 0 Å². The van der Waals surface area contributed by atoms with Crippen molar-refractivity contribution < 1.29 is 14.3 Å². The van der Waals surface area contributed by atoms with E-state index in [2.05, 4.69) is 15.9 Å². The van der Waals surface area contributed by atoms with Crippen LogP contribution >= 0.6 is 15.9 Å². The van der Waals surface area contributed by atoms with Crippen LogP contribution in [0.15, 0.2) is 22.7 Å². The first kappa shape index (κ1) is 9.83. The standard InChI is InChI=1S/C10H9BrO3/c11-9-7(6-12)2-1-3-8(9)10-13-4-5-14-10/h1-3,6,10H,4-5H2. The van der Waals surface area contributed by atoms with Gasteiger partial charge in [0.1, 0.15) is 0 Å². The molecule has 1 fully saturated rings. The summed E-state index contributed by atoms with van der Waals surface area (Å²) < 4.78 is 11.5. The first-order valence-electron chi connectivity index (χ1n) is 4.29. The van der Waals surface area contributed by atoms with Gasteiger partial charge in [-0.1, -0.05) is 18.2 Å². The molecule has 0 spiro atoms. The second-order valence-electron chi connectivity index (χ2n) is 2.94. The van der Waals surface area contributed by atoms with Gasteiger partial charge in [0.2, 0.25) is 0 Å². The molecule has 74 valence electrons. The zero-order chi connectivity index (χ0) is 9.97. The lowest BCUT2D eigenvalue weighted by Crippen LogP contribution is -2.00. The maximum Gasteiger partial charge on any atom is 0.185 e. The molecule has 3 nitrogen and oxygen atoms in total. The smallest absolute Gasteiger partial charge is 0.185 e. The van der Waals surface area contributed by atoms with Crippen LogP contribution in [0.2, 0.25) is 0 Å². The monoisotopic (exact) mass is 256 g/mol. The lowest BCUT2D eigenvalue weighted by atomic mass is 10.1. The molecule has 14 heavy (non-hydrogen) atoms. The summed E-state index contributed by atoms with van der Waals surface area (Å²) in [6.45, 7) is 1.20. The van der Waals surface area contributed by atoms with Crippen LogP contribution in [0.25, 0.3) is 0 Å². The lowest BCUT2D eigenvalue weighted by molar-refractivity contribution is -0.0446. The van der Waals surface area contributed by atoms with Gasteiger partial charge in [-0.05, 0) is 15.9 Å². The Hall–Kier alpha value is -0.710. The molecule has 0 radical (unpaired) electrons. The second-order valence-corrected chi connectivity index (χ2v) is 3.73. The largest absolute Gasteiger partial charge is 0.346 e. The molecule has 0 bridgehead atoms. The first-order valence-corrected chi connectivity index (χ1v) is 5.09. The molecule has 1 heterocycles. The normalized spacial score (nSPS) is 17.2. The van der Waals surface area contributed by atoms with Gasteiger partial charge in [-0.2, -0.15) is 0 Å². The Bertz CT molecular complexity index is 345. The van der Waals surface area contributed by atoms with E-state index in [1.165, 1.54) is 0 Å². The molecule has 0 unspecified atom stereocenters. The molecule has 0 aliphatic carbocycles. The molecular weight excluding hydrogens is 248 g/mol. The minimum Gasteiger partial charge on any atom is -0.346 e. The minimum absolute atomic E-state index is 0.343. The Morgan fingerprint density at radius 2 is 2.07 bits per heavy atom. The number of hydrogen-bond acceptors (Lipinski definition) is 3. The third-order valence-corrected chi connectivity index (χ3v) is 2.98. The van der Waals surface area contributed by atoms with Crippen molar-refractivity contribution in [3.8, 4) is 0 Å². The zero-order valence-electron chi connectivity index (χ0n) is 7.40. The highest BCUT2D eigenvalue weighted by Crippen LogP contribution is 2.31. The Kier molecular flexibility index (Phi) is 2.96. The zero-order valence-corrected chi connectivity index (χ0v) is 8.99. The molecule has 2 rings (SSSR count). The molecule has 0 N–H and O–H groups in total. The number of hydrogen-bond donors (Lipinski definition) is 0. The number of rotatable bonds is 2. The van der Waals surface area contributed by atoms with Crippen molar-refractivity contribution in [2.75, 3.05) is 13.2 Å². The minimum atomic E-state index is -0.343. The van der Waals surface area contributed by atoms with Crippen molar-refractivity contribution in [3.63, 3.8) is 0 Å². The number of halogens is 1. The Labute approximate surface area is 90.1 Å². The maximum atomic E-state index is 10.7. The number of carbonyl (C=O) groups is 1. The van der Waals surface area contributed by atoms with E-state index in [0.717, 1.165) is 16.3 Å². The van der Waals surface area contributed by atoms with E-state index in [0.29, 0.717) is 18.8 Å². The number of benzene rings is 1. The Balaban J connectivity index is 2.36. The van der Waals surface area contributed by atoms with Crippen LogP contribution in [0.5, 0.6) is 0 Å². The van der Waals surface area contributed by atoms with Crippen molar-refractivity contribution in [2.45, 2.75) is 6.29 Å². The van der Waals surface area contributed by atoms with Crippen molar-refractivity contribution in [1.29, 1.82) is 0 Å². The van der Waals surface area contributed by atoms with Crippen molar-refractivity contribution >= 4 is 22.2 Å². The molecule has 1 aliphatic heterocycles. The summed E-state index contributed by atoms with van der Waals surface area (Å²) >= 11 is 3.36. The molecule has 0 atom stereocenters. The van der Waals surface area contributed by atoms with Gasteiger partial charge in [-0.15, -0.1) is 0 Å². The van der Waals surface area contributed by atoms with Gasteiger partial charge in [0.05, 0.1) is 13.2 Å². The van der Waals surface area contributed by atoms with Crippen LogP contribution in [0.4, 0.5) is 0 Å². The number of ether oxygens (including phenoxy) is 2.